The molecule has 0 bridgehead atoms. The van der Waals surface area contributed by atoms with E-state index < -0.39 is 12.0 Å². The van der Waals surface area contributed by atoms with Crippen LogP contribution in [0, 0.1) is 0 Å². The lowest BCUT2D eigenvalue weighted by Crippen LogP contribution is -2.40. The second-order valence-electron chi connectivity index (χ2n) is 8.55. The number of rotatable bonds is 7. The Labute approximate surface area is 226 Å². The van der Waals surface area contributed by atoms with Crippen LogP contribution in [0.25, 0.3) is 6.08 Å². The number of ether oxygens (including phenoxy) is 3. The Bertz CT molecular complexity index is 1570. The van der Waals surface area contributed by atoms with Crippen molar-refractivity contribution in [1.82, 2.24) is 4.57 Å². The number of phenols is 1. The summed E-state index contributed by atoms with van der Waals surface area (Å²) in [5, 5.41) is 10.6. The highest BCUT2D eigenvalue weighted by atomic mass is 79.9. The fourth-order valence-corrected chi connectivity index (χ4v) is 5.65. The Kier molecular flexibility index (Phi) is 7.89. The number of fused-ring (bicyclic) bond motifs is 1. The summed E-state index contributed by atoms with van der Waals surface area (Å²) >= 11 is 4.58. The first-order valence-electron chi connectivity index (χ1n) is 11.7. The number of thiazole rings is 1. The average molecular weight is 587 g/mol. The summed E-state index contributed by atoms with van der Waals surface area (Å²) in [6.45, 7) is 7.46. The predicted molar refractivity (Wildman–Crippen MR) is 145 cm³/mol. The first-order chi connectivity index (χ1) is 17.7. The summed E-state index contributed by atoms with van der Waals surface area (Å²) in [5.74, 6) is 0.193. The van der Waals surface area contributed by atoms with E-state index in [1.807, 2.05) is 38.1 Å². The van der Waals surface area contributed by atoms with Crippen LogP contribution in [-0.2, 0) is 9.53 Å². The molecule has 0 aliphatic carbocycles. The molecule has 8 nitrogen and oxygen atoms in total. The van der Waals surface area contributed by atoms with E-state index in [0.717, 1.165) is 0 Å². The zero-order chi connectivity index (χ0) is 26.9. The number of phenolic OH excluding ortho intramolecular Hbond substituents is 1. The lowest BCUT2D eigenvalue weighted by Gasteiger charge is -2.26. The maximum atomic E-state index is 13.9. The maximum absolute atomic E-state index is 13.9. The Hall–Kier alpha value is -3.37. The van der Waals surface area contributed by atoms with Gasteiger partial charge in [0, 0.05) is 15.6 Å². The van der Waals surface area contributed by atoms with Gasteiger partial charge < -0.3 is 19.3 Å². The molecule has 0 unspecified atom stereocenters. The van der Waals surface area contributed by atoms with Crippen LogP contribution < -0.4 is 24.4 Å². The zero-order valence-electron chi connectivity index (χ0n) is 21.1. The van der Waals surface area contributed by atoms with Gasteiger partial charge in [-0.1, -0.05) is 45.5 Å². The first-order valence-corrected chi connectivity index (χ1v) is 13.3. The van der Waals surface area contributed by atoms with Gasteiger partial charge in [0.25, 0.3) is 5.56 Å². The van der Waals surface area contributed by atoms with E-state index in [0.29, 0.717) is 36.4 Å². The highest BCUT2D eigenvalue weighted by molar-refractivity contribution is 9.10. The van der Waals surface area contributed by atoms with Crippen molar-refractivity contribution in [2.45, 2.75) is 39.8 Å². The standard InChI is InChI=1S/C27H27BrN2O6S/c1-6-35-26(33)22-15(4)29-27-30(23(22)18-9-7-8-10-19(18)36-14(2)3)25(32)21(37-27)12-16-11-17(28)13-20(34-5)24(16)31/h7-14,23,31H,6H2,1-5H3/b21-12+/t23-/m1/s1. The van der Waals surface area contributed by atoms with Crippen molar-refractivity contribution in [1.29, 1.82) is 0 Å². The number of nitrogens with zero attached hydrogens (tertiary/aromatic N) is 2. The number of benzene rings is 2. The number of methoxy groups -OCH3 is 1. The molecule has 0 spiro atoms. The van der Waals surface area contributed by atoms with Crippen molar-refractivity contribution in [2.75, 3.05) is 13.7 Å². The molecule has 2 aromatic carbocycles. The van der Waals surface area contributed by atoms with E-state index in [2.05, 4.69) is 20.9 Å². The quantitative estimate of drug-likeness (QED) is 0.419. The molecule has 1 aromatic heterocycles. The monoisotopic (exact) mass is 586 g/mol. The summed E-state index contributed by atoms with van der Waals surface area (Å²) in [6, 6.07) is 9.84. The van der Waals surface area contributed by atoms with Crippen LogP contribution in [0.5, 0.6) is 17.2 Å². The molecule has 1 aliphatic heterocycles. The molecule has 10 heteroatoms. The fourth-order valence-electron chi connectivity index (χ4n) is 4.15. The van der Waals surface area contributed by atoms with E-state index in [1.165, 1.54) is 23.0 Å². The average Bonchev–Trinajstić information content (AvgIpc) is 3.14. The topological polar surface area (TPSA) is 99.4 Å². The smallest absolute Gasteiger partial charge is 0.338 e. The normalized spacial score (nSPS) is 15.4. The molecule has 0 saturated carbocycles. The number of para-hydroxylation sites is 1. The molecule has 3 aromatic rings. The number of aromatic nitrogens is 1. The van der Waals surface area contributed by atoms with Gasteiger partial charge in [-0.2, -0.15) is 0 Å². The second-order valence-corrected chi connectivity index (χ2v) is 10.5. The zero-order valence-corrected chi connectivity index (χ0v) is 23.5. The summed E-state index contributed by atoms with van der Waals surface area (Å²) in [6.07, 6.45) is 1.46. The van der Waals surface area contributed by atoms with Crippen LogP contribution >= 0.6 is 27.3 Å². The van der Waals surface area contributed by atoms with Gasteiger partial charge in [0.05, 0.1) is 35.6 Å². The van der Waals surface area contributed by atoms with Crippen LogP contribution in [0.15, 0.2) is 61.9 Å². The molecule has 194 valence electrons. The number of carbonyl (C=O) groups excluding carboxylic acids is 1. The number of hydrogen-bond acceptors (Lipinski definition) is 8. The summed E-state index contributed by atoms with van der Waals surface area (Å²) in [7, 11) is 1.45. The van der Waals surface area contributed by atoms with E-state index in [-0.39, 0.29) is 35.3 Å². The van der Waals surface area contributed by atoms with Crippen molar-refractivity contribution in [2.24, 2.45) is 4.99 Å². The van der Waals surface area contributed by atoms with Gasteiger partial charge in [0.15, 0.2) is 16.3 Å². The Balaban J connectivity index is 2.00. The van der Waals surface area contributed by atoms with Gasteiger partial charge >= 0.3 is 5.97 Å². The first kappa shape index (κ1) is 26.7. The molecule has 2 heterocycles. The number of aromatic hydroxyl groups is 1. The van der Waals surface area contributed by atoms with Crippen molar-refractivity contribution < 1.29 is 24.1 Å². The minimum absolute atomic E-state index is 0.0906. The molecular formula is C27H27BrN2O6S. The van der Waals surface area contributed by atoms with Crippen LogP contribution in [0.4, 0.5) is 0 Å². The lowest BCUT2D eigenvalue weighted by atomic mass is 9.95. The van der Waals surface area contributed by atoms with Crippen LogP contribution in [0.1, 0.15) is 44.9 Å². The van der Waals surface area contributed by atoms with Crippen LogP contribution in [0.3, 0.4) is 0 Å². The van der Waals surface area contributed by atoms with E-state index in [9.17, 15) is 14.7 Å². The van der Waals surface area contributed by atoms with Crippen LogP contribution in [-0.4, -0.2) is 35.5 Å². The fraction of sp³-hybridized carbons (Fsp3) is 0.296. The van der Waals surface area contributed by atoms with Gasteiger partial charge in [0.2, 0.25) is 0 Å². The molecule has 4 rings (SSSR count). The minimum atomic E-state index is -0.807. The third kappa shape index (κ3) is 5.21. The molecule has 1 atom stereocenters. The van der Waals surface area contributed by atoms with Crippen LogP contribution in [0.2, 0.25) is 0 Å². The molecule has 0 amide bonds. The Morgan fingerprint density at radius 3 is 2.68 bits per heavy atom. The van der Waals surface area contributed by atoms with Crippen molar-refractivity contribution in [3.63, 3.8) is 0 Å². The van der Waals surface area contributed by atoms with E-state index >= 15 is 0 Å². The van der Waals surface area contributed by atoms with Gasteiger partial charge in [0.1, 0.15) is 11.8 Å². The molecule has 1 aliphatic rings. The molecule has 1 N–H and O–H groups in total. The third-order valence-corrected chi connectivity index (χ3v) is 7.11. The highest BCUT2D eigenvalue weighted by Crippen LogP contribution is 2.37. The molecule has 0 fully saturated rings. The number of halogens is 1. The van der Waals surface area contributed by atoms with Crippen molar-refractivity contribution >= 4 is 39.3 Å². The third-order valence-electron chi connectivity index (χ3n) is 5.67. The Morgan fingerprint density at radius 1 is 1.27 bits per heavy atom. The maximum Gasteiger partial charge on any atom is 0.338 e. The van der Waals surface area contributed by atoms with Gasteiger partial charge in [-0.25, -0.2) is 9.79 Å². The largest absolute Gasteiger partial charge is 0.504 e. The van der Waals surface area contributed by atoms with E-state index in [1.54, 1.807) is 32.1 Å². The number of allylic oxidation sites excluding steroid dienone is 1. The number of hydrogen-bond donors (Lipinski definition) is 1. The number of carbonyl (C=O) groups is 1. The summed E-state index contributed by atoms with van der Waals surface area (Å²) in [4.78, 5) is 32.0. The van der Waals surface area contributed by atoms with Gasteiger partial charge in [-0.3, -0.25) is 9.36 Å². The predicted octanol–water partition coefficient (Wildman–Crippen LogP) is 4.06. The second kappa shape index (κ2) is 10.9. The summed E-state index contributed by atoms with van der Waals surface area (Å²) in [5.41, 5.74) is 1.42. The summed E-state index contributed by atoms with van der Waals surface area (Å²) < 4.78 is 19.2. The van der Waals surface area contributed by atoms with Crippen molar-refractivity contribution in [3.05, 3.63) is 83.0 Å². The molecule has 0 radical (unpaired) electrons. The van der Waals surface area contributed by atoms with Gasteiger partial charge in [-0.05, 0) is 52.0 Å². The highest BCUT2D eigenvalue weighted by Gasteiger charge is 2.35. The van der Waals surface area contributed by atoms with E-state index in [4.69, 9.17) is 14.2 Å². The SMILES string of the molecule is CCOC(=O)C1=C(C)N=c2s/c(=C/c3cc(Br)cc(OC)c3O)c(=O)n2[C@@H]1c1ccccc1OC(C)C. The molecular weight excluding hydrogens is 560 g/mol. The molecule has 0 saturated heterocycles. The Morgan fingerprint density at radius 2 is 2.00 bits per heavy atom. The lowest BCUT2D eigenvalue weighted by molar-refractivity contribution is -0.139. The van der Waals surface area contributed by atoms with Crippen molar-refractivity contribution in [3.8, 4) is 17.2 Å². The minimum Gasteiger partial charge on any atom is -0.504 e. The van der Waals surface area contributed by atoms with Gasteiger partial charge in [-0.15, -0.1) is 0 Å². The number of esters is 1. The molecule has 37 heavy (non-hydrogen) atoms.